The predicted molar refractivity (Wildman–Crippen MR) is 83.8 cm³/mol. The van der Waals surface area contributed by atoms with Crippen molar-refractivity contribution in [3.8, 4) is 23.1 Å². The van der Waals surface area contributed by atoms with Crippen LogP contribution in [0.15, 0.2) is 57.7 Å². The molecule has 1 heterocycles. The third kappa shape index (κ3) is 2.45. The van der Waals surface area contributed by atoms with E-state index in [2.05, 4.69) is 0 Å². The van der Waals surface area contributed by atoms with Crippen molar-refractivity contribution in [3.05, 3.63) is 64.3 Å². The van der Waals surface area contributed by atoms with E-state index in [0.29, 0.717) is 16.7 Å². The van der Waals surface area contributed by atoms with Crippen LogP contribution in [0.5, 0.6) is 5.75 Å². The number of nitriles is 1. The van der Waals surface area contributed by atoms with Gasteiger partial charge in [0.05, 0.1) is 5.39 Å². The second-order valence-corrected chi connectivity index (χ2v) is 4.90. The van der Waals surface area contributed by atoms with Crippen molar-refractivity contribution in [2.75, 3.05) is 6.61 Å². The van der Waals surface area contributed by atoms with Gasteiger partial charge in [0.1, 0.15) is 11.7 Å². The Hall–Kier alpha value is -3.06. The molecule has 3 aromatic rings. The maximum absolute atomic E-state index is 12.6. The molecule has 0 bridgehead atoms. The van der Waals surface area contributed by atoms with Crippen LogP contribution < -0.4 is 10.2 Å². The number of benzene rings is 2. The van der Waals surface area contributed by atoms with E-state index in [1.807, 2.05) is 55.5 Å². The number of fused-ring (bicyclic) bond motifs is 1. The smallest absolute Gasteiger partial charge is 0.235 e. The lowest BCUT2D eigenvalue weighted by Gasteiger charge is -2.10. The molecule has 0 radical (unpaired) electrons. The van der Waals surface area contributed by atoms with E-state index in [4.69, 9.17) is 14.4 Å². The molecule has 2 aromatic carbocycles. The summed E-state index contributed by atoms with van der Waals surface area (Å²) in [5.41, 5.74) is 1.97. The van der Waals surface area contributed by atoms with E-state index in [9.17, 15) is 4.79 Å². The number of hydrogen-bond acceptors (Lipinski definition) is 4. The Labute approximate surface area is 127 Å². The highest BCUT2D eigenvalue weighted by Gasteiger charge is 2.17. The average molecular weight is 291 g/mol. The zero-order chi connectivity index (χ0) is 15.5. The fraction of sp³-hybridized carbons (Fsp3) is 0.111. The molecule has 1 aromatic heterocycles. The molecular weight excluding hydrogens is 278 g/mol. The first-order valence-corrected chi connectivity index (χ1v) is 6.83. The second kappa shape index (κ2) is 5.74. The Bertz CT molecular complexity index is 921. The minimum absolute atomic E-state index is 0.0732. The molecule has 0 unspecified atom stereocenters. The maximum Gasteiger partial charge on any atom is 0.235 e. The molecule has 0 aliphatic carbocycles. The molecule has 0 amide bonds. The summed E-state index contributed by atoms with van der Waals surface area (Å²) < 4.78 is 11.2. The Balaban J connectivity index is 2.33. The monoisotopic (exact) mass is 291 g/mol. The predicted octanol–water partition coefficient (Wildman–Crippen LogP) is 3.67. The molecule has 4 nitrogen and oxygen atoms in total. The summed E-state index contributed by atoms with van der Waals surface area (Å²) in [5, 5.41) is 9.16. The van der Waals surface area contributed by atoms with Crippen LogP contribution in [-0.4, -0.2) is 6.61 Å². The van der Waals surface area contributed by atoms with Crippen molar-refractivity contribution in [3.63, 3.8) is 0 Å². The normalized spacial score (nSPS) is 10.4. The van der Waals surface area contributed by atoms with Crippen molar-refractivity contribution in [2.45, 2.75) is 6.92 Å². The van der Waals surface area contributed by atoms with E-state index in [1.165, 1.54) is 0 Å². The molecule has 22 heavy (non-hydrogen) atoms. The van der Waals surface area contributed by atoms with Gasteiger partial charge < -0.3 is 9.15 Å². The van der Waals surface area contributed by atoms with Crippen LogP contribution in [0.4, 0.5) is 0 Å². The number of rotatable bonds is 3. The van der Waals surface area contributed by atoms with E-state index in [-0.39, 0.29) is 17.8 Å². The molecule has 0 saturated heterocycles. The van der Waals surface area contributed by atoms with Crippen molar-refractivity contribution in [1.29, 1.82) is 5.26 Å². The largest absolute Gasteiger partial charge is 0.471 e. The molecule has 0 saturated carbocycles. The van der Waals surface area contributed by atoms with Crippen molar-refractivity contribution >= 4 is 11.0 Å². The van der Waals surface area contributed by atoms with Crippen LogP contribution in [0.1, 0.15) is 5.56 Å². The standard InChI is InChI=1S/C18H13NO3/c1-12-7-8-14-15(11-12)22-17(13-5-3-2-4-6-13)18(16(14)20)21-10-9-19/h2-8,11H,10H2,1H3. The van der Waals surface area contributed by atoms with Gasteiger partial charge in [-0.3, -0.25) is 4.79 Å². The fourth-order valence-corrected chi connectivity index (χ4v) is 2.30. The third-order valence-electron chi connectivity index (χ3n) is 3.32. The Kier molecular flexibility index (Phi) is 3.63. The minimum Gasteiger partial charge on any atom is -0.471 e. The molecular formula is C18H13NO3. The van der Waals surface area contributed by atoms with Crippen LogP contribution in [0, 0.1) is 18.3 Å². The lowest BCUT2D eigenvalue weighted by molar-refractivity contribution is 0.356. The first kappa shape index (κ1) is 13.9. The summed E-state index contributed by atoms with van der Waals surface area (Å²) in [6, 6.07) is 16.5. The van der Waals surface area contributed by atoms with Gasteiger partial charge in [0, 0.05) is 5.56 Å². The van der Waals surface area contributed by atoms with Crippen LogP contribution in [0.3, 0.4) is 0 Å². The van der Waals surface area contributed by atoms with E-state index >= 15 is 0 Å². The Morgan fingerprint density at radius 1 is 1.18 bits per heavy atom. The average Bonchev–Trinajstić information content (AvgIpc) is 2.54. The lowest BCUT2D eigenvalue weighted by Crippen LogP contribution is -2.10. The highest BCUT2D eigenvalue weighted by atomic mass is 16.5. The minimum atomic E-state index is -0.268. The van der Waals surface area contributed by atoms with Gasteiger partial charge in [0.2, 0.25) is 11.2 Å². The highest BCUT2D eigenvalue weighted by Crippen LogP contribution is 2.30. The van der Waals surface area contributed by atoms with Gasteiger partial charge in [-0.1, -0.05) is 36.4 Å². The van der Waals surface area contributed by atoms with Gasteiger partial charge in [-0.2, -0.15) is 5.26 Å². The number of nitrogens with zero attached hydrogens (tertiary/aromatic N) is 1. The molecule has 3 rings (SSSR count). The molecule has 0 fully saturated rings. The van der Waals surface area contributed by atoms with Gasteiger partial charge in [-0.15, -0.1) is 0 Å². The van der Waals surface area contributed by atoms with Gasteiger partial charge in [-0.05, 0) is 24.6 Å². The maximum atomic E-state index is 12.6. The van der Waals surface area contributed by atoms with Crippen LogP contribution >= 0.6 is 0 Å². The van der Waals surface area contributed by atoms with Crippen molar-refractivity contribution < 1.29 is 9.15 Å². The highest BCUT2D eigenvalue weighted by molar-refractivity contribution is 5.82. The summed E-state index contributed by atoms with van der Waals surface area (Å²) in [6.45, 7) is 1.73. The summed E-state index contributed by atoms with van der Waals surface area (Å²) in [6.07, 6.45) is 0. The van der Waals surface area contributed by atoms with Crippen molar-refractivity contribution in [1.82, 2.24) is 0 Å². The summed E-state index contributed by atoms with van der Waals surface area (Å²) in [5.74, 6) is 0.419. The first-order valence-electron chi connectivity index (χ1n) is 6.83. The van der Waals surface area contributed by atoms with Gasteiger partial charge in [-0.25, -0.2) is 0 Å². The Morgan fingerprint density at radius 3 is 2.68 bits per heavy atom. The van der Waals surface area contributed by atoms with E-state index in [1.54, 1.807) is 6.07 Å². The second-order valence-electron chi connectivity index (χ2n) is 4.90. The Morgan fingerprint density at radius 2 is 1.95 bits per heavy atom. The summed E-state index contributed by atoms with van der Waals surface area (Å²) in [4.78, 5) is 12.6. The number of aryl methyl sites for hydroxylation is 1. The molecule has 108 valence electrons. The van der Waals surface area contributed by atoms with E-state index in [0.717, 1.165) is 11.1 Å². The zero-order valence-electron chi connectivity index (χ0n) is 12.0. The SMILES string of the molecule is Cc1ccc2c(=O)c(OCC#N)c(-c3ccccc3)oc2c1. The molecule has 0 spiro atoms. The third-order valence-corrected chi connectivity index (χ3v) is 3.32. The number of ether oxygens (including phenoxy) is 1. The molecule has 0 aliphatic rings. The van der Waals surface area contributed by atoms with Crippen LogP contribution in [-0.2, 0) is 0 Å². The number of hydrogen-bond donors (Lipinski definition) is 0. The van der Waals surface area contributed by atoms with E-state index < -0.39 is 0 Å². The van der Waals surface area contributed by atoms with Crippen LogP contribution in [0.25, 0.3) is 22.3 Å². The van der Waals surface area contributed by atoms with Gasteiger partial charge in [0.25, 0.3) is 0 Å². The molecule has 4 heteroatoms. The molecule has 0 atom stereocenters. The molecule has 0 aliphatic heterocycles. The fourth-order valence-electron chi connectivity index (χ4n) is 2.30. The lowest BCUT2D eigenvalue weighted by atomic mass is 10.1. The van der Waals surface area contributed by atoms with Gasteiger partial charge in [0.15, 0.2) is 12.4 Å². The summed E-state index contributed by atoms with van der Waals surface area (Å²) in [7, 11) is 0. The quantitative estimate of drug-likeness (QED) is 0.738. The van der Waals surface area contributed by atoms with Crippen molar-refractivity contribution in [2.24, 2.45) is 0 Å². The molecule has 0 N–H and O–H groups in total. The first-order chi connectivity index (χ1) is 10.7. The van der Waals surface area contributed by atoms with Crippen LogP contribution in [0.2, 0.25) is 0 Å². The topological polar surface area (TPSA) is 63.2 Å². The van der Waals surface area contributed by atoms with Gasteiger partial charge >= 0.3 is 0 Å². The summed E-state index contributed by atoms with van der Waals surface area (Å²) >= 11 is 0. The zero-order valence-corrected chi connectivity index (χ0v) is 12.0.